The van der Waals surface area contributed by atoms with E-state index in [4.69, 9.17) is 4.52 Å². The van der Waals surface area contributed by atoms with Gasteiger partial charge < -0.3 is 9.84 Å². The first kappa shape index (κ1) is 19.2. The van der Waals surface area contributed by atoms with Gasteiger partial charge in [-0.3, -0.25) is 4.79 Å². The highest BCUT2D eigenvalue weighted by Crippen LogP contribution is 2.42. The van der Waals surface area contributed by atoms with Crippen LogP contribution in [0.25, 0.3) is 11.5 Å². The van der Waals surface area contributed by atoms with Crippen LogP contribution in [-0.2, 0) is 5.41 Å². The van der Waals surface area contributed by atoms with Crippen LogP contribution in [-0.4, -0.2) is 22.6 Å². The molecular formula is C22H21F2N3O2. The molecule has 29 heavy (non-hydrogen) atoms. The van der Waals surface area contributed by atoms with Crippen LogP contribution in [0.4, 0.5) is 8.78 Å². The minimum atomic E-state index is -0.716. The normalized spacial score (nSPS) is 15.4. The number of hydrogen-bond acceptors (Lipinski definition) is 4. The van der Waals surface area contributed by atoms with Crippen molar-refractivity contribution in [3.05, 3.63) is 71.1 Å². The Morgan fingerprint density at radius 3 is 2.34 bits per heavy atom. The number of aryl methyl sites for hydroxylation is 1. The highest BCUT2D eigenvalue weighted by Gasteiger charge is 2.40. The quantitative estimate of drug-likeness (QED) is 0.685. The summed E-state index contributed by atoms with van der Waals surface area (Å²) in [6.07, 6.45) is 3.03. The Hall–Kier alpha value is -3.09. The lowest BCUT2D eigenvalue weighted by Crippen LogP contribution is -2.40. The molecule has 0 aliphatic heterocycles. The van der Waals surface area contributed by atoms with Crippen molar-refractivity contribution >= 4 is 5.91 Å². The molecule has 0 spiro atoms. The first-order chi connectivity index (χ1) is 14.0. The van der Waals surface area contributed by atoms with Crippen LogP contribution in [0, 0.1) is 18.6 Å². The third-order valence-corrected chi connectivity index (χ3v) is 5.56. The van der Waals surface area contributed by atoms with E-state index in [0.29, 0.717) is 35.7 Å². The van der Waals surface area contributed by atoms with E-state index >= 15 is 0 Å². The number of amides is 1. The number of carbonyl (C=O) groups is 1. The van der Waals surface area contributed by atoms with Crippen LogP contribution in [0.15, 0.2) is 47.0 Å². The average Bonchev–Trinajstić information content (AvgIpc) is 3.36. The molecule has 0 radical (unpaired) electrons. The summed E-state index contributed by atoms with van der Waals surface area (Å²) in [5.41, 5.74) is 0.529. The Bertz CT molecular complexity index is 1000. The molecule has 0 unspecified atom stereocenters. The van der Waals surface area contributed by atoms with Crippen molar-refractivity contribution in [1.82, 2.24) is 15.5 Å². The Kier molecular flexibility index (Phi) is 5.13. The molecule has 3 aromatic rings. The topological polar surface area (TPSA) is 68.0 Å². The minimum Gasteiger partial charge on any atom is -0.351 e. The summed E-state index contributed by atoms with van der Waals surface area (Å²) in [4.78, 5) is 16.8. The number of hydrogen-bond donors (Lipinski definition) is 1. The molecule has 2 aromatic carbocycles. The number of nitrogens with one attached hydrogen (secondary N) is 1. The molecule has 1 N–H and O–H groups in total. The van der Waals surface area contributed by atoms with Crippen molar-refractivity contribution in [3.8, 4) is 11.5 Å². The third-order valence-electron chi connectivity index (χ3n) is 5.56. The summed E-state index contributed by atoms with van der Waals surface area (Å²) in [6, 6.07) is 10.7. The number of benzene rings is 2. The molecule has 1 aromatic heterocycles. The van der Waals surface area contributed by atoms with Crippen molar-refractivity contribution < 1.29 is 18.1 Å². The summed E-state index contributed by atoms with van der Waals surface area (Å²) in [5.74, 6) is -0.486. The molecule has 1 aliphatic rings. The number of aromatic nitrogens is 2. The number of nitrogens with zero attached hydrogens (tertiary/aromatic N) is 2. The molecule has 1 saturated carbocycles. The molecular weight excluding hydrogens is 376 g/mol. The predicted octanol–water partition coefficient (Wildman–Crippen LogP) is 4.57. The van der Waals surface area contributed by atoms with Gasteiger partial charge in [-0.25, -0.2) is 8.78 Å². The Labute approximate surface area is 167 Å². The van der Waals surface area contributed by atoms with E-state index in [0.717, 1.165) is 12.8 Å². The molecule has 4 rings (SSSR count). The molecule has 1 heterocycles. The molecule has 0 atom stereocenters. The van der Waals surface area contributed by atoms with Gasteiger partial charge in [0.2, 0.25) is 0 Å². The zero-order chi connectivity index (χ0) is 20.4. The molecule has 0 saturated heterocycles. The fraction of sp³-hybridized carbons (Fsp3) is 0.318. The Morgan fingerprint density at radius 2 is 1.76 bits per heavy atom. The van der Waals surface area contributed by atoms with Crippen LogP contribution in [0.3, 0.4) is 0 Å². The second kappa shape index (κ2) is 7.73. The maximum absolute atomic E-state index is 14.4. The van der Waals surface area contributed by atoms with Crippen molar-refractivity contribution in [2.75, 3.05) is 6.54 Å². The molecule has 1 amide bonds. The van der Waals surface area contributed by atoms with Gasteiger partial charge in [-0.05, 0) is 56.2 Å². The van der Waals surface area contributed by atoms with Gasteiger partial charge in [-0.15, -0.1) is 0 Å². The van der Waals surface area contributed by atoms with E-state index in [1.807, 2.05) is 0 Å². The van der Waals surface area contributed by atoms with E-state index in [2.05, 4.69) is 15.5 Å². The van der Waals surface area contributed by atoms with Crippen LogP contribution in [0.2, 0.25) is 0 Å². The second-order valence-corrected chi connectivity index (χ2v) is 7.49. The van der Waals surface area contributed by atoms with Gasteiger partial charge >= 0.3 is 0 Å². The van der Waals surface area contributed by atoms with Gasteiger partial charge in [0.15, 0.2) is 5.82 Å². The summed E-state index contributed by atoms with van der Waals surface area (Å²) >= 11 is 0. The second-order valence-electron chi connectivity index (χ2n) is 7.49. The van der Waals surface area contributed by atoms with Crippen LogP contribution >= 0.6 is 0 Å². The zero-order valence-electron chi connectivity index (χ0n) is 16.0. The summed E-state index contributed by atoms with van der Waals surface area (Å²) in [6.45, 7) is 1.92. The van der Waals surface area contributed by atoms with Gasteiger partial charge in [0.1, 0.15) is 11.6 Å². The van der Waals surface area contributed by atoms with E-state index in [1.54, 1.807) is 31.2 Å². The fourth-order valence-corrected chi connectivity index (χ4v) is 4.10. The lowest BCUT2D eigenvalue weighted by atomic mass is 9.78. The third kappa shape index (κ3) is 3.77. The molecule has 0 bridgehead atoms. The monoisotopic (exact) mass is 397 g/mol. The van der Waals surface area contributed by atoms with Crippen molar-refractivity contribution in [3.63, 3.8) is 0 Å². The molecule has 1 fully saturated rings. The number of halogens is 2. The number of rotatable bonds is 5. The van der Waals surface area contributed by atoms with Crippen LogP contribution in [0.5, 0.6) is 0 Å². The number of carbonyl (C=O) groups excluding carboxylic acids is 1. The highest BCUT2D eigenvalue weighted by atomic mass is 19.1. The predicted molar refractivity (Wildman–Crippen MR) is 103 cm³/mol. The lowest BCUT2D eigenvalue weighted by Gasteiger charge is -2.30. The molecule has 1 aliphatic carbocycles. The SMILES string of the molecule is Cc1noc(-c2ccc(C(=O)NCC3(c4c(F)cccc4F)CCCC3)cc2)n1. The maximum Gasteiger partial charge on any atom is 0.257 e. The van der Waals surface area contributed by atoms with E-state index in [-0.39, 0.29) is 18.0 Å². The standard InChI is InChI=1S/C22H21F2N3O2/c1-14-26-21(29-27-14)16-9-7-15(8-10-16)20(28)25-13-22(11-2-3-12-22)19-17(23)5-4-6-18(19)24/h4-10H,2-3,11-13H2,1H3,(H,25,28). The Balaban J connectivity index is 1.50. The Morgan fingerprint density at radius 1 is 1.10 bits per heavy atom. The van der Waals surface area contributed by atoms with Crippen LogP contribution in [0.1, 0.15) is 47.4 Å². The smallest absolute Gasteiger partial charge is 0.257 e. The minimum absolute atomic E-state index is 0.0833. The zero-order valence-corrected chi connectivity index (χ0v) is 16.0. The van der Waals surface area contributed by atoms with Crippen molar-refractivity contribution in [2.45, 2.75) is 38.0 Å². The van der Waals surface area contributed by atoms with E-state index < -0.39 is 17.0 Å². The summed E-state index contributed by atoms with van der Waals surface area (Å²) in [5, 5.41) is 6.62. The maximum atomic E-state index is 14.4. The van der Waals surface area contributed by atoms with Crippen molar-refractivity contribution in [2.24, 2.45) is 0 Å². The van der Waals surface area contributed by atoms with Gasteiger partial charge in [0.25, 0.3) is 11.8 Å². The van der Waals surface area contributed by atoms with Gasteiger partial charge in [0, 0.05) is 28.7 Å². The molecule has 150 valence electrons. The first-order valence-corrected chi connectivity index (χ1v) is 9.62. The largest absolute Gasteiger partial charge is 0.351 e. The average molecular weight is 397 g/mol. The van der Waals surface area contributed by atoms with E-state index in [1.165, 1.54) is 18.2 Å². The molecule has 5 nitrogen and oxygen atoms in total. The fourth-order valence-electron chi connectivity index (χ4n) is 4.10. The van der Waals surface area contributed by atoms with Gasteiger partial charge in [-0.1, -0.05) is 24.1 Å². The van der Waals surface area contributed by atoms with E-state index in [9.17, 15) is 13.6 Å². The summed E-state index contributed by atoms with van der Waals surface area (Å²) < 4.78 is 34.0. The first-order valence-electron chi connectivity index (χ1n) is 9.62. The summed E-state index contributed by atoms with van der Waals surface area (Å²) in [7, 11) is 0. The van der Waals surface area contributed by atoms with Crippen molar-refractivity contribution in [1.29, 1.82) is 0 Å². The lowest BCUT2D eigenvalue weighted by molar-refractivity contribution is 0.0942. The van der Waals surface area contributed by atoms with Gasteiger partial charge in [-0.2, -0.15) is 4.98 Å². The van der Waals surface area contributed by atoms with Crippen LogP contribution < -0.4 is 5.32 Å². The molecule has 7 heteroatoms. The highest BCUT2D eigenvalue weighted by molar-refractivity contribution is 5.94. The van der Waals surface area contributed by atoms with Gasteiger partial charge in [0.05, 0.1) is 0 Å².